The molecule has 0 heterocycles. The van der Waals surface area contributed by atoms with Crippen molar-refractivity contribution in [2.45, 2.75) is 0 Å². The molecule has 1 aromatic carbocycles. The van der Waals surface area contributed by atoms with Gasteiger partial charge >= 0.3 is 125 Å². The van der Waals surface area contributed by atoms with Crippen LogP contribution in [0.2, 0.25) is 20.1 Å². The van der Waals surface area contributed by atoms with Gasteiger partial charge in [-0.3, -0.25) is 0 Å². The summed E-state index contributed by atoms with van der Waals surface area (Å²) in [4.78, 5) is 0. The van der Waals surface area contributed by atoms with Crippen molar-refractivity contribution in [3.05, 3.63) is 20.1 Å². The van der Waals surface area contributed by atoms with Gasteiger partial charge in [0.25, 0.3) is 0 Å². The molecular weight excluding hydrogens is 615 g/mol. The van der Waals surface area contributed by atoms with Crippen LogP contribution in [-0.2, 0) is 52.2 Å². The molecule has 12 heavy (non-hydrogen) atoms. The Hall–Kier alpha value is 2.25. The van der Waals surface area contributed by atoms with Gasteiger partial charge in [-0.05, 0) is 0 Å². The Labute approximate surface area is 123 Å². The number of benzene rings is 1. The summed E-state index contributed by atoms with van der Waals surface area (Å²) >= 11 is 24.6. The summed E-state index contributed by atoms with van der Waals surface area (Å²) in [5.41, 5.74) is 0. The van der Waals surface area contributed by atoms with E-state index < -0.39 is 0 Å². The van der Waals surface area contributed by atoms with E-state index in [4.69, 9.17) is 46.4 Å². The van der Waals surface area contributed by atoms with Crippen molar-refractivity contribution in [1.29, 1.82) is 0 Å². The van der Waals surface area contributed by atoms with Crippen LogP contribution in [0, 0.1) is 0 Å². The molecule has 0 bridgehead atoms. The SMILES string of the molecule is Clc1c(Cl)[c]([Hg])c(Cl)c(Cl)[c]1[Hg]. The molecule has 6 heteroatoms. The van der Waals surface area contributed by atoms with E-state index in [0.717, 1.165) is 6.14 Å². The Morgan fingerprint density at radius 1 is 0.583 bits per heavy atom. The monoisotopic (exact) mass is 616 g/mol. The molecule has 0 aliphatic heterocycles. The summed E-state index contributed by atoms with van der Waals surface area (Å²) in [5, 5.41) is 2.44. The van der Waals surface area contributed by atoms with Gasteiger partial charge in [0.1, 0.15) is 0 Å². The second kappa shape index (κ2) is 4.85. The summed E-state index contributed by atoms with van der Waals surface area (Å²) in [6.45, 7) is 0. The van der Waals surface area contributed by atoms with Gasteiger partial charge in [-0.25, -0.2) is 0 Å². The Bertz CT molecular complexity index is 232. The van der Waals surface area contributed by atoms with Gasteiger partial charge < -0.3 is 0 Å². The van der Waals surface area contributed by atoms with Crippen LogP contribution >= 0.6 is 46.4 Å². The predicted molar refractivity (Wildman–Crippen MR) is 45.8 cm³/mol. The first kappa shape index (κ1) is 12.3. The second-order valence-electron chi connectivity index (χ2n) is 2.21. The summed E-state index contributed by atoms with van der Waals surface area (Å²) in [5.74, 6) is 0. The van der Waals surface area contributed by atoms with Crippen molar-refractivity contribution in [2.24, 2.45) is 0 Å². The van der Waals surface area contributed by atoms with E-state index >= 15 is 0 Å². The number of hydrogen-bond donors (Lipinski definition) is 0. The molecule has 0 atom stereocenters. The molecule has 0 fully saturated rings. The normalized spacial score (nSPS) is 10.7. The Balaban J connectivity index is 3.60. The summed E-state index contributed by atoms with van der Waals surface area (Å²) < 4.78 is 1.89. The molecule has 0 saturated carbocycles. The summed E-state index contributed by atoms with van der Waals surface area (Å²) in [7, 11) is 0. The minimum atomic E-state index is 0.347. The molecule has 56 valence electrons. The van der Waals surface area contributed by atoms with E-state index in [1.165, 1.54) is 0 Å². The Morgan fingerprint density at radius 2 is 0.750 bits per heavy atom. The standard InChI is InChI=1S/C6Cl4.2Hg/c7-3-1-4(8)6(10)2-5(3)9;;. The van der Waals surface area contributed by atoms with Crippen LogP contribution in [0.1, 0.15) is 0 Å². The molecule has 0 aliphatic rings. The van der Waals surface area contributed by atoms with Crippen LogP contribution in [0.5, 0.6) is 0 Å². The van der Waals surface area contributed by atoms with Crippen LogP contribution in [0.15, 0.2) is 0 Å². The third kappa shape index (κ3) is 2.25. The van der Waals surface area contributed by atoms with Gasteiger partial charge in [0.2, 0.25) is 0 Å². The average molecular weight is 615 g/mol. The van der Waals surface area contributed by atoms with E-state index in [1.54, 1.807) is 0 Å². The fraction of sp³-hybridized carbons (Fsp3) is 0. The zero-order valence-electron chi connectivity index (χ0n) is 5.93. The molecule has 0 radical (unpaired) electrons. The molecule has 0 N–H and O–H groups in total. The average Bonchev–Trinajstić information content (AvgIpc) is 2.08. The van der Waals surface area contributed by atoms with Gasteiger partial charge in [0, 0.05) is 0 Å². The molecule has 0 amide bonds. The van der Waals surface area contributed by atoms with Crippen LogP contribution in [0.3, 0.4) is 0 Å². The van der Waals surface area contributed by atoms with E-state index in [1.807, 2.05) is 0 Å². The summed E-state index contributed by atoms with van der Waals surface area (Å²) in [6, 6.07) is 0. The van der Waals surface area contributed by atoms with Crippen LogP contribution in [-0.4, -0.2) is 0 Å². The van der Waals surface area contributed by atoms with Crippen LogP contribution in [0.25, 0.3) is 0 Å². The molecular formula is C6Cl4Hg2. The van der Waals surface area contributed by atoms with Crippen molar-refractivity contribution >= 4 is 52.5 Å². The van der Waals surface area contributed by atoms with Gasteiger partial charge in [-0.15, -0.1) is 0 Å². The predicted octanol–water partition coefficient (Wildman–Crippen LogP) is 2.64. The van der Waals surface area contributed by atoms with Crippen molar-refractivity contribution in [1.82, 2.24) is 0 Å². The molecule has 0 nitrogen and oxygen atoms in total. The van der Waals surface area contributed by atoms with Gasteiger partial charge in [0.15, 0.2) is 0 Å². The first-order valence-electron chi connectivity index (χ1n) is 2.96. The summed E-state index contributed by atoms with van der Waals surface area (Å²) in [6.07, 6.45) is 0. The van der Waals surface area contributed by atoms with Crippen molar-refractivity contribution < 1.29 is 52.2 Å². The fourth-order valence-corrected chi connectivity index (χ4v) is 6.14. The number of halogens is 4. The maximum atomic E-state index is 5.96. The van der Waals surface area contributed by atoms with Gasteiger partial charge in [-0.2, -0.15) is 0 Å². The van der Waals surface area contributed by atoms with Crippen LogP contribution < -0.4 is 6.14 Å². The minimum absolute atomic E-state index is 0.347. The van der Waals surface area contributed by atoms with Crippen LogP contribution in [0.4, 0.5) is 0 Å². The van der Waals surface area contributed by atoms with E-state index in [0.29, 0.717) is 72.3 Å². The zero-order valence-corrected chi connectivity index (χ0v) is 19.9. The molecule has 0 aromatic heterocycles. The number of hydrogen-bond acceptors (Lipinski definition) is 0. The zero-order chi connectivity index (χ0) is 9.46. The van der Waals surface area contributed by atoms with Crippen molar-refractivity contribution in [2.75, 3.05) is 0 Å². The first-order valence-corrected chi connectivity index (χ1v) is 9.97. The quantitative estimate of drug-likeness (QED) is 0.312. The van der Waals surface area contributed by atoms with E-state index in [9.17, 15) is 0 Å². The van der Waals surface area contributed by atoms with Gasteiger partial charge in [0.05, 0.1) is 0 Å². The Morgan fingerprint density at radius 3 is 0.917 bits per heavy atom. The molecule has 1 rings (SSSR count). The maximum absolute atomic E-state index is 5.96. The third-order valence-electron chi connectivity index (χ3n) is 1.45. The van der Waals surface area contributed by atoms with Crippen molar-refractivity contribution in [3.63, 3.8) is 0 Å². The Kier molecular flexibility index (Phi) is 4.98. The number of rotatable bonds is 0. The second-order valence-corrected chi connectivity index (χ2v) is 9.22. The van der Waals surface area contributed by atoms with Gasteiger partial charge in [-0.1, -0.05) is 0 Å². The third-order valence-corrected chi connectivity index (χ3v) is 12.3. The molecule has 0 spiro atoms. The molecule has 0 saturated heterocycles. The fourth-order valence-electron chi connectivity index (χ4n) is 0.723. The van der Waals surface area contributed by atoms with E-state index in [-0.39, 0.29) is 0 Å². The first-order chi connectivity index (χ1) is 5.46. The van der Waals surface area contributed by atoms with E-state index in [2.05, 4.69) is 0 Å². The molecule has 0 aliphatic carbocycles. The topological polar surface area (TPSA) is 0 Å². The van der Waals surface area contributed by atoms with Crippen molar-refractivity contribution in [3.8, 4) is 0 Å². The molecule has 1 aromatic rings. The molecule has 0 unspecified atom stereocenters.